The van der Waals surface area contributed by atoms with Gasteiger partial charge in [-0.2, -0.15) is 0 Å². The molecule has 0 aromatic carbocycles. The van der Waals surface area contributed by atoms with Crippen molar-refractivity contribution in [3.63, 3.8) is 0 Å². The molecule has 6 nitrogen and oxygen atoms in total. The van der Waals surface area contributed by atoms with E-state index < -0.39 is 0 Å². The first-order valence-corrected chi connectivity index (χ1v) is 6.67. The van der Waals surface area contributed by atoms with E-state index in [1.54, 1.807) is 31.0 Å². The Morgan fingerprint density at radius 2 is 2.05 bits per heavy atom. The molecule has 1 saturated heterocycles. The van der Waals surface area contributed by atoms with Crippen molar-refractivity contribution < 1.29 is 4.79 Å². The van der Waals surface area contributed by atoms with E-state index >= 15 is 0 Å². The van der Waals surface area contributed by atoms with Gasteiger partial charge in [0.25, 0.3) is 5.91 Å². The van der Waals surface area contributed by atoms with Gasteiger partial charge in [0.15, 0.2) is 0 Å². The van der Waals surface area contributed by atoms with Gasteiger partial charge < -0.3 is 4.90 Å². The Labute approximate surface area is 116 Å². The third-order valence-electron chi connectivity index (χ3n) is 3.49. The Morgan fingerprint density at radius 1 is 1.20 bits per heavy atom. The Bertz CT molecular complexity index is 575. The predicted octanol–water partition coefficient (Wildman–Crippen LogP) is 1.29. The van der Waals surface area contributed by atoms with Crippen molar-refractivity contribution in [1.82, 2.24) is 24.8 Å². The number of piperidine rings is 1. The van der Waals surface area contributed by atoms with Crippen molar-refractivity contribution in [3.8, 4) is 0 Å². The molecule has 0 saturated carbocycles. The molecule has 3 rings (SSSR count). The summed E-state index contributed by atoms with van der Waals surface area (Å²) >= 11 is 0. The van der Waals surface area contributed by atoms with Gasteiger partial charge in [-0.25, -0.2) is 19.9 Å². The molecular formula is C14H15N5O. The van der Waals surface area contributed by atoms with Crippen molar-refractivity contribution >= 4 is 5.91 Å². The van der Waals surface area contributed by atoms with Gasteiger partial charge in [-0.05, 0) is 25.0 Å². The standard InChI is InChI=1S/C14H15N5O/c20-14(13-16-5-2-6-17-13)19-8-1-3-11(9-19)12-4-7-15-10-18-12/h2,4-7,10-11H,1,3,8-9H2/t11-/m1/s1. The molecular weight excluding hydrogens is 254 g/mol. The van der Waals surface area contributed by atoms with Crippen LogP contribution in [0.3, 0.4) is 0 Å². The minimum atomic E-state index is -0.107. The lowest BCUT2D eigenvalue weighted by Gasteiger charge is -2.31. The number of aromatic nitrogens is 4. The molecule has 0 aliphatic carbocycles. The molecule has 1 atom stereocenters. The van der Waals surface area contributed by atoms with E-state index in [0.717, 1.165) is 25.1 Å². The molecule has 0 bridgehead atoms. The van der Waals surface area contributed by atoms with E-state index in [4.69, 9.17) is 0 Å². The zero-order valence-electron chi connectivity index (χ0n) is 11.0. The topological polar surface area (TPSA) is 71.9 Å². The van der Waals surface area contributed by atoms with Gasteiger partial charge in [0, 0.05) is 43.3 Å². The minimum Gasteiger partial charge on any atom is -0.335 e. The summed E-state index contributed by atoms with van der Waals surface area (Å²) in [6.45, 7) is 1.41. The van der Waals surface area contributed by atoms with Crippen LogP contribution >= 0.6 is 0 Å². The lowest BCUT2D eigenvalue weighted by atomic mass is 9.94. The fourth-order valence-corrected chi connectivity index (χ4v) is 2.50. The predicted molar refractivity (Wildman–Crippen MR) is 71.9 cm³/mol. The molecule has 2 aromatic heterocycles. The van der Waals surface area contributed by atoms with E-state index in [-0.39, 0.29) is 17.6 Å². The summed E-state index contributed by atoms with van der Waals surface area (Å²) in [5, 5.41) is 0. The Balaban J connectivity index is 1.74. The summed E-state index contributed by atoms with van der Waals surface area (Å²) in [6.07, 6.45) is 8.47. The van der Waals surface area contributed by atoms with Crippen molar-refractivity contribution in [1.29, 1.82) is 0 Å². The zero-order valence-corrected chi connectivity index (χ0v) is 11.0. The SMILES string of the molecule is O=C(c1ncccn1)N1CCC[C@@H](c2ccncn2)C1. The van der Waals surface area contributed by atoms with Crippen LogP contribution in [0.2, 0.25) is 0 Å². The highest BCUT2D eigenvalue weighted by atomic mass is 16.2. The minimum absolute atomic E-state index is 0.107. The molecule has 1 aliphatic rings. The quantitative estimate of drug-likeness (QED) is 0.821. The van der Waals surface area contributed by atoms with E-state index in [9.17, 15) is 4.79 Å². The van der Waals surface area contributed by atoms with E-state index in [0.29, 0.717) is 6.54 Å². The fourth-order valence-electron chi connectivity index (χ4n) is 2.50. The summed E-state index contributed by atoms with van der Waals surface area (Å²) in [6, 6.07) is 3.62. The largest absolute Gasteiger partial charge is 0.335 e. The van der Waals surface area contributed by atoms with Crippen LogP contribution in [0.25, 0.3) is 0 Å². The number of carbonyl (C=O) groups is 1. The van der Waals surface area contributed by atoms with Gasteiger partial charge in [-0.15, -0.1) is 0 Å². The number of likely N-dealkylation sites (tertiary alicyclic amines) is 1. The second-order valence-electron chi connectivity index (χ2n) is 4.80. The molecule has 3 heterocycles. The van der Waals surface area contributed by atoms with Crippen molar-refractivity contribution in [2.45, 2.75) is 18.8 Å². The first kappa shape index (κ1) is 12.7. The molecule has 0 radical (unpaired) electrons. The van der Waals surface area contributed by atoms with Gasteiger partial charge in [0.1, 0.15) is 6.33 Å². The lowest BCUT2D eigenvalue weighted by molar-refractivity contribution is 0.0693. The third kappa shape index (κ3) is 2.64. The van der Waals surface area contributed by atoms with E-state index in [1.807, 2.05) is 11.0 Å². The average Bonchev–Trinajstić information content (AvgIpc) is 2.56. The first-order valence-electron chi connectivity index (χ1n) is 6.67. The summed E-state index contributed by atoms with van der Waals surface area (Å²) < 4.78 is 0. The summed E-state index contributed by atoms with van der Waals surface area (Å²) in [5.41, 5.74) is 0.992. The molecule has 1 aliphatic heterocycles. The molecule has 6 heteroatoms. The van der Waals surface area contributed by atoms with Crippen molar-refractivity contribution in [3.05, 3.63) is 48.6 Å². The van der Waals surface area contributed by atoms with Gasteiger partial charge in [0.2, 0.25) is 5.82 Å². The van der Waals surface area contributed by atoms with Crippen LogP contribution in [0.4, 0.5) is 0 Å². The smallest absolute Gasteiger partial charge is 0.291 e. The Hall–Kier alpha value is -2.37. The number of carbonyl (C=O) groups excluding carboxylic acids is 1. The lowest BCUT2D eigenvalue weighted by Crippen LogP contribution is -2.40. The summed E-state index contributed by atoms with van der Waals surface area (Å²) in [5.74, 6) is 0.416. The first-order chi connectivity index (χ1) is 9.84. The van der Waals surface area contributed by atoms with Gasteiger partial charge in [-0.1, -0.05) is 0 Å². The molecule has 0 N–H and O–H groups in total. The molecule has 0 spiro atoms. The third-order valence-corrected chi connectivity index (χ3v) is 3.49. The molecule has 102 valence electrons. The van der Waals surface area contributed by atoms with Crippen LogP contribution < -0.4 is 0 Å². The van der Waals surface area contributed by atoms with E-state index in [1.165, 1.54) is 0 Å². The second-order valence-corrected chi connectivity index (χ2v) is 4.80. The van der Waals surface area contributed by atoms with Crippen LogP contribution in [0.15, 0.2) is 37.1 Å². The van der Waals surface area contributed by atoms with Crippen LogP contribution in [0.1, 0.15) is 35.1 Å². The summed E-state index contributed by atoms with van der Waals surface area (Å²) in [7, 11) is 0. The number of nitrogens with zero attached hydrogens (tertiary/aromatic N) is 5. The maximum absolute atomic E-state index is 12.3. The molecule has 2 aromatic rings. The number of rotatable bonds is 2. The van der Waals surface area contributed by atoms with Crippen LogP contribution in [-0.2, 0) is 0 Å². The monoisotopic (exact) mass is 269 g/mol. The van der Waals surface area contributed by atoms with E-state index in [2.05, 4.69) is 19.9 Å². The summed E-state index contributed by atoms with van der Waals surface area (Å²) in [4.78, 5) is 30.4. The van der Waals surface area contributed by atoms with Crippen molar-refractivity contribution in [2.24, 2.45) is 0 Å². The number of amides is 1. The zero-order chi connectivity index (χ0) is 13.8. The maximum Gasteiger partial charge on any atom is 0.291 e. The molecule has 1 amide bonds. The second kappa shape index (κ2) is 5.73. The van der Waals surface area contributed by atoms with Crippen molar-refractivity contribution in [2.75, 3.05) is 13.1 Å². The van der Waals surface area contributed by atoms with Gasteiger partial charge in [-0.3, -0.25) is 4.79 Å². The Kier molecular flexibility index (Phi) is 3.62. The fraction of sp³-hybridized carbons (Fsp3) is 0.357. The molecule has 20 heavy (non-hydrogen) atoms. The van der Waals surface area contributed by atoms with Crippen LogP contribution in [0, 0.1) is 0 Å². The molecule has 0 unspecified atom stereocenters. The average molecular weight is 269 g/mol. The number of hydrogen-bond donors (Lipinski definition) is 0. The highest BCUT2D eigenvalue weighted by Crippen LogP contribution is 2.25. The highest BCUT2D eigenvalue weighted by Gasteiger charge is 2.27. The highest BCUT2D eigenvalue weighted by molar-refractivity contribution is 5.90. The maximum atomic E-state index is 12.3. The number of hydrogen-bond acceptors (Lipinski definition) is 5. The molecule has 1 fully saturated rings. The van der Waals surface area contributed by atoms with Crippen LogP contribution in [0.5, 0.6) is 0 Å². The van der Waals surface area contributed by atoms with Gasteiger partial charge in [0.05, 0.1) is 0 Å². The van der Waals surface area contributed by atoms with Gasteiger partial charge >= 0.3 is 0 Å². The Morgan fingerprint density at radius 3 is 2.80 bits per heavy atom. The van der Waals surface area contributed by atoms with Crippen LogP contribution in [-0.4, -0.2) is 43.8 Å². The normalized spacial score (nSPS) is 18.8.